The van der Waals surface area contributed by atoms with Gasteiger partial charge >= 0.3 is 0 Å². The van der Waals surface area contributed by atoms with Gasteiger partial charge in [-0.15, -0.1) is 0 Å². The molecule has 2 aromatic rings. The van der Waals surface area contributed by atoms with Gasteiger partial charge in [0.25, 0.3) is 0 Å². The fourth-order valence-electron chi connectivity index (χ4n) is 1.45. The molecule has 0 aliphatic rings. The molecule has 0 radical (unpaired) electrons. The zero-order valence-electron chi connectivity index (χ0n) is 8.18. The Balaban J connectivity index is 2.68. The number of halogens is 1. The van der Waals surface area contributed by atoms with Crippen molar-refractivity contribution in [1.29, 1.82) is 0 Å². The molecule has 0 saturated carbocycles. The Morgan fingerprint density at radius 3 is 2.06 bits per heavy atom. The van der Waals surface area contributed by atoms with Gasteiger partial charge in [0, 0.05) is 5.56 Å². The molecule has 0 fully saturated rings. The van der Waals surface area contributed by atoms with Gasteiger partial charge in [0.1, 0.15) is 0 Å². The molecule has 0 aromatic heterocycles. The van der Waals surface area contributed by atoms with Crippen LogP contribution in [-0.2, 0) is 0 Å². The summed E-state index contributed by atoms with van der Waals surface area (Å²) in [5.41, 5.74) is 1.08. The van der Waals surface area contributed by atoms with Crippen molar-refractivity contribution < 1.29 is 15.3 Å². The fraction of sp³-hybridized carbons (Fsp3) is 0. The number of hydrogen-bond donors (Lipinski definition) is 3. The number of rotatable bonds is 1. The van der Waals surface area contributed by atoms with Crippen molar-refractivity contribution in [1.82, 2.24) is 0 Å². The molecule has 3 N–H and O–H groups in total. The average Bonchev–Trinajstić information content (AvgIpc) is 2.32. The number of hydrogen-bond acceptors (Lipinski definition) is 3. The summed E-state index contributed by atoms with van der Waals surface area (Å²) in [6.45, 7) is 0. The van der Waals surface area contributed by atoms with Gasteiger partial charge in [0.15, 0.2) is 11.5 Å². The maximum atomic E-state index is 9.69. The van der Waals surface area contributed by atoms with Gasteiger partial charge < -0.3 is 15.3 Å². The summed E-state index contributed by atoms with van der Waals surface area (Å²) in [4.78, 5) is 0. The number of aromatic hydroxyl groups is 3. The van der Waals surface area contributed by atoms with E-state index in [1.807, 2.05) is 6.07 Å². The Hall–Kier alpha value is -1.87. The van der Waals surface area contributed by atoms with E-state index in [9.17, 15) is 15.3 Å². The van der Waals surface area contributed by atoms with Gasteiger partial charge in [-0.25, -0.2) is 0 Å². The van der Waals surface area contributed by atoms with Crippen LogP contribution in [0.2, 0.25) is 5.02 Å². The van der Waals surface area contributed by atoms with Crippen molar-refractivity contribution in [2.75, 3.05) is 0 Å². The summed E-state index contributed by atoms with van der Waals surface area (Å²) < 4.78 is 0. The van der Waals surface area contributed by atoms with Crippen LogP contribution in [-0.4, -0.2) is 15.3 Å². The molecule has 2 aromatic carbocycles. The lowest BCUT2D eigenvalue weighted by atomic mass is 10.0. The van der Waals surface area contributed by atoms with Crippen LogP contribution in [0.5, 0.6) is 17.2 Å². The molecular formula is C12H9ClO3. The van der Waals surface area contributed by atoms with E-state index in [-0.39, 0.29) is 10.8 Å². The van der Waals surface area contributed by atoms with E-state index >= 15 is 0 Å². The quantitative estimate of drug-likeness (QED) is 0.667. The molecule has 3 nitrogen and oxygen atoms in total. The van der Waals surface area contributed by atoms with Crippen LogP contribution in [0.15, 0.2) is 36.4 Å². The molecule has 16 heavy (non-hydrogen) atoms. The summed E-state index contributed by atoms with van der Waals surface area (Å²) in [6.07, 6.45) is 0. The van der Waals surface area contributed by atoms with Crippen LogP contribution in [0.1, 0.15) is 0 Å². The number of phenols is 3. The normalized spacial score (nSPS) is 10.3. The summed E-state index contributed by atoms with van der Waals surface area (Å²) in [5, 5.41) is 28.4. The van der Waals surface area contributed by atoms with Crippen LogP contribution < -0.4 is 0 Å². The first-order valence-electron chi connectivity index (χ1n) is 4.60. The maximum Gasteiger partial charge on any atom is 0.202 e. The smallest absolute Gasteiger partial charge is 0.202 e. The Bertz CT molecular complexity index is 524. The van der Waals surface area contributed by atoms with Gasteiger partial charge in [-0.3, -0.25) is 0 Å². The summed E-state index contributed by atoms with van der Waals surface area (Å²) >= 11 is 5.72. The van der Waals surface area contributed by atoms with Crippen LogP contribution in [0, 0.1) is 0 Å². The molecule has 2 rings (SSSR count). The minimum atomic E-state index is -0.605. The van der Waals surface area contributed by atoms with Crippen LogP contribution in [0.4, 0.5) is 0 Å². The third kappa shape index (κ3) is 1.66. The van der Waals surface area contributed by atoms with Crippen molar-refractivity contribution in [2.45, 2.75) is 0 Å². The van der Waals surface area contributed by atoms with Gasteiger partial charge in [0.05, 0.1) is 5.02 Å². The lowest BCUT2D eigenvalue weighted by Crippen LogP contribution is -1.81. The zero-order valence-corrected chi connectivity index (χ0v) is 8.94. The highest BCUT2D eigenvalue weighted by Gasteiger charge is 2.16. The predicted octanol–water partition coefficient (Wildman–Crippen LogP) is 3.12. The lowest BCUT2D eigenvalue weighted by molar-refractivity contribution is 0.369. The fourth-order valence-corrected chi connectivity index (χ4v) is 1.65. The summed E-state index contributed by atoms with van der Waals surface area (Å²) in [7, 11) is 0. The molecule has 0 spiro atoms. The van der Waals surface area contributed by atoms with E-state index in [4.69, 9.17) is 11.6 Å². The average molecular weight is 237 g/mol. The van der Waals surface area contributed by atoms with E-state index in [1.54, 1.807) is 24.3 Å². The first kappa shape index (κ1) is 10.6. The summed E-state index contributed by atoms with van der Waals surface area (Å²) in [6, 6.07) is 10.4. The van der Waals surface area contributed by atoms with E-state index < -0.39 is 11.5 Å². The van der Waals surface area contributed by atoms with Gasteiger partial charge in [0.2, 0.25) is 5.75 Å². The lowest BCUT2D eigenvalue weighted by Gasteiger charge is -2.09. The second-order valence-corrected chi connectivity index (χ2v) is 3.72. The molecular weight excluding hydrogens is 228 g/mol. The first-order chi connectivity index (χ1) is 7.61. The molecule has 0 aliphatic carbocycles. The largest absolute Gasteiger partial charge is 0.504 e. The van der Waals surface area contributed by atoms with Crippen LogP contribution in [0.3, 0.4) is 0 Å². The third-order valence-corrected chi connectivity index (χ3v) is 2.57. The highest BCUT2D eigenvalue weighted by molar-refractivity contribution is 6.32. The highest BCUT2D eigenvalue weighted by Crippen LogP contribution is 2.46. The van der Waals surface area contributed by atoms with Crippen molar-refractivity contribution in [3.63, 3.8) is 0 Å². The Kier molecular flexibility index (Phi) is 2.62. The van der Waals surface area contributed by atoms with Crippen LogP contribution in [0.25, 0.3) is 11.1 Å². The molecule has 0 saturated heterocycles. The van der Waals surface area contributed by atoms with Crippen molar-refractivity contribution in [3.05, 3.63) is 41.4 Å². The molecule has 0 aliphatic heterocycles. The van der Waals surface area contributed by atoms with E-state index in [1.165, 1.54) is 6.07 Å². The Morgan fingerprint density at radius 2 is 1.44 bits per heavy atom. The number of phenolic OH excluding ortho intramolecular Hbond substituents is 3. The van der Waals surface area contributed by atoms with E-state index in [2.05, 4.69) is 0 Å². The van der Waals surface area contributed by atoms with Crippen molar-refractivity contribution in [2.24, 2.45) is 0 Å². The SMILES string of the molecule is Oc1c(Cl)cc(-c2ccccc2)c(O)c1O. The predicted molar refractivity (Wildman–Crippen MR) is 61.9 cm³/mol. The molecule has 4 heteroatoms. The zero-order chi connectivity index (χ0) is 11.7. The number of benzene rings is 2. The van der Waals surface area contributed by atoms with Crippen molar-refractivity contribution in [3.8, 4) is 28.4 Å². The van der Waals surface area contributed by atoms with E-state index in [0.717, 1.165) is 0 Å². The maximum absolute atomic E-state index is 9.69. The second-order valence-electron chi connectivity index (χ2n) is 3.32. The topological polar surface area (TPSA) is 60.7 Å². The highest BCUT2D eigenvalue weighted by atomic mass is 35.5. The molecule has 0 amide bonds. The minimum absolute atomic E-state index is 0.00541. The van der Waals surface area contributed by atoms with Crippen molar-refractivity contribution >= 4 is 11.6 Å². The third-order valence-electron chi connectivity index (χ3n) is 2.29. The first-order valence-corrected chi connectivity index (χ1v) is 4.98. The molecule has 0 atom stereocenters. The van der Waals surface area contributed by atoms with Gasteiger partial charge in [-0.2, -0.15) is 0 Å². The van der Waals surface area contributed by atoms with Gasteiger partial charge in [-0.1, -0.05) is 41.9 Å². The second kappa shape index (κ2) is 3.94. The molecule has 0 unspecified atom stereocenters. The molecule has 0 bridgehead atoms. The molecule has 82 valence electrons. The van der Waals surface area contributed by atoms with E-state index in [0.29, 0.717) is 11.1 Å². The standard InChI is InChI=1S/C12H9ClO3/c13-9-6-8(7-4-2-1-3-5-7)10(14)12(16)11(9)15/h1-6,14-16H. The van der Waals surface area contributed by atoms with Gasteiger partial charge in [-0.05, 0) is 11.6 Å². The Labute approximate surface area is 97.2 Å². The van der Waals surface area contributed by atoms with Crippen LogP contribution >= 0.6 is 11.6 Å². The summed E-state index contributed by atoms with van der Waals surface area (Å²) in [5.74, 6) is -1.50. The monoisotopic (exact) mass is 236 g/mol. The minimum Gasteiger partial charge on any atom is -0.504 e. The Morgan fingerprint density at radius 1 is 0.812 bits per heavy atom. The molecule has 0 heterocycles.